The van der Waals surface area contributed by atoms with Gasteiger partial charge < -0.3 is 18.9 Å². The van der Waals surface area contributed by atoms with Crippen LogP contribution < -0.4 is 14.4 Å². The van der Waals surface area contributed by atoms with E-state index in [0.717, 1.165) is 65.4 Å². The highest BCUT2D eigenvalue weighted by atomic mass is 16.5. The van der Waals surface area contributed by atoms with Crippen molar-refractivity contribution >= 4 is 22.6 Å². The number of rotatable bonds is 11. The van der Waals surface area contributed by atoms with Gasteiger partial charge in [-0.3, -0.25) is 4.79 Å². The van der Waals surface area contributed by atoms with Crippen molar-refractivity contribution in [2.75, 3.05) is 25.2 Å². The molecule has 1 aliphatic rings. The van der Waals surface area contributed by atoms with Crippen LogP contribution in [0.3, 0.4) is 0 Å². The van der Waals surface area contributed by atoms with E-state index in [2.05, 4.69) is 55.3 Å². The number of aromatic nitrogens is 2. The highest BCUT2D eigenvalue weighted by molar-refractivity contribution is 5.96. The summed E-state index contributed by atoms with van der Waals surface area (Å²) in [5.74, 6) is 2.71. The first-order chi connectivity index (χ1) is 19.0. The molecule has 202 valence electrons. The molecule has 1 amide bonds. The number of carbonyl (C=O) groups is 1. The Labute approximate surface area is 230 Å². The largest absolute Gasteiger partial charge is 0.493 e. The van der Waals surface area contributed by atoms with Crippen molar-refractivity contribution in [2.45, 2.75) is 52.0 Å². The molecule has 0 saturated carbocycles. The number of imidazole rings is 1. The van der Waals surface area contributed by atoms with E-state index in [1.165, 1.54) is 11.1 Å². The van der Waals surface area contributed by atoms with E-state index in [0.29, 0.717) is 19.6 Å². The lowest BCUT2D eigenvalue weighted by Gasteiger charge is -2.18. The first-order valence-corrected chi connectivity index (χ1v) is 13.7. The standard InChI is InChI=1S/C33H37N3O3/c1-5-10-25-14-16-30(31(20-25)38-4)39-18-9-8-17-35-29-12-7-6-11-28(29)34-33(35)26-21-32(37)36(22-26)27-15-13-23(2)24(3)19-27/h5-7,11-16,19-20,26H,1,8-10,17-18,21-22H2,2-4H3. The van der Waals surface area contributed by atoms with E-state index < -0.39 is 0 Å². The topological polar surface area (TPSA) is 56.6 Å². The van der Waals surface area contributed by atoms with Crippen molar-refractivity contribution in [3.63, 3.8) is 0 Å². The van der Waals surface area contributed by atoms with Gasteiger partial charge in [-0.1, -0.05) is 30.3 Å². The van der Waals surface area contributed by atoms with Gasteiger partial charge in [-0.15, -0.1) is 6.58 Å². The van der Waals surface area contributed by atoms with Gasteiger partial charge in [0.25, 0.3) is 0 Å². The summed E-state index contributed by atoms with van der Waals surface area (Å²) in [5.41, 5.74) is 6.64. The Morgan fingerprint density at radius 3 is 2.67 bits per heavy atom. The normalized spacial score (nSPS) is 15.2. The van der Waals surface area contributed by atoms with E-state index in [1.54, 1.807) is 7.11 Å². The zero-order chi connectivity index (χ0) is 27.4. The van der Waals surface area contributed by atoms with Gasteiger partial charge in [0.2, 0.25) is 5.91 Å². The smallest absolute Gasteiger partial charge is 0.227 e. The number of para-hydroxylation sites is 2. The first-order valence-electron chi connectivity index (χ1n) is 13.7. The molecule has 0 spiro atoms. The molecule has 1 atom stereocenters. The Bertz CT molecular complexity index is 1490. The number of allylic oxidation sites excluding steroid dienone is 1. The minimum Gasteiger partial charge on any atom is -0.493 e. The van der Waals surface area contributed by atoms with Crippen molar-refractivity contribution in [1.82, 2.24) is 9.55 Å². The number of ether oxygens (including phenoxy) is 2. The number of nitrogens with zero attached hydrogens (tertiary/aromatic N) is 3. The van der Waals surface area contributed by atoms with Crippen molar-refractivity contribution in [3.05, 3.63) is 95.8 Å². The van der Waals surface area contributed by atoms with E-state index in [-0.39, 0.29) is 11.8 Å². The molecule has 2 heterocycles. The number of fused-ring (bicyclic) bond motifs is 1. The first kappa shape index (κ1) is 26.5. The summed E-state index contributed by atoms with van der Waals surface area (Å²) < 4.78 is 13.9. The van der Waals surface area contributed by atoms with Crippen LogP contribution in [0, 0.1) is 13.8 Å². The molecule has 4 aromatic rings. The zero-order valence-corrected chi connectivity index (χ0v) is 23.2. The van der Waals surface area contributed by atoms with Crippen LogP contribution in [-0.2, 0) is 17.8 Å². The predicted molar refractivity (Wildman–Crippen MR) is 157 cm³/mol. The molecule has 0 N–H and O–H groups in total. The third-order valence-corrected chi connectivity index (χ3v) is 7.62. The summed E-state index contributed by atoms with van der Waals surface area (Å²) in [6.45, 7) is 10.1. The third-order valence-electron chi connectivity index (χ3n) is 7.62. The maximum absolute atomic E-state index is 13.1. The third kappa shape index (κ3) is 5.70. The fourth-order valence-electron chi connectivity index (χ4n) is 5.34. The molecule has 3 aromatic carbocycles. The van der Waals surface area contributed by atoms with Crippen LogP contribution in [-0.4, -0.2) is 35.7 Å². The molecule has 1 aromatic heterocycles. The lowest BCUT2D eigenvalue weighted by molar-refractivity contribution is -0.117. The van der Waals surface area contributed by atoms with E-state index >= 15 is 0 Å². The van der Waals surface area contributed by atoms with Crippen molar-refractivity contribution in [1.29, 1.82) is 0 Å². The second-order valence-electron chi connectivity index (χ2n) is 10.3. The highest BCUT2D eigenvalue weighted by Gasteiger charge is 2.34. The van der Waals surface area contributed by atoms with Gasteiger partial charge in [0, 0.05) is 31.1 Å². The maximum Gasteiger partial charge on any atom is 0.227 e. The summed E-state index contributed by atoms with van der Waals surface area (Å²) in [4.78, 5) is 20.0. The molecule has 6 nitrogen and oxygen atoms in total. The van der Waals surface area contributed by atoms with Gasteiger partial charge in [0.05, 0.1) is 24.8 Å². The van der Waals surface area contributed by atoms with Crippen LogP contribution >= 0.6 is 0 Å². The van der Waals surface area contributed by atoms with Crippen LogP contribution in [0.1, 0.15) is 47.7 Å². The number of unbranched alkanes of at least 4 members (excludes halogenated alkanes) is 1. The molecule has 1 saturated heterocycles. The minimum atomic E-state index is 0.0566. The quantitative estimate of drug-likeness (QED) is 0.161. The van der Waals surface area contributed by atoms with Crippen molar-refractivity contribution in [3.8, 4) is 11.5 Å². The monoisotopic (exact) mass is 523 g/mol. The van der Waals surface area contributed by atoms with Crippen LogP contribution in [0.5, 0.6) is 11.5 Å². The average molecular weight is 524 g/mol. The Kier molecular flexibility index (Phi) is 8.01. The SMILES string of the molecule is C=CCc1ccc(OCCCCn2c(C3CC(=O)N(c4ccc(C)c(C)c4)C3)nc3ccccc32)c(OC)c1. The molecule has 1 aliphatic heterocycles. The van der Waals surface area contributed by atoms with Gasteiger partial charge >= 0.3 is 0 Å². The fourth-order valence-corrected chi connectivity index (χ4v) is 5.34. The molecule has 6 heteroatoms. The maximum atomic E-state index is 13.1. The van der Waals surface area contributed by atoms with Crippen LogP contribution in [0.15, 0.2) is 73.3 Å². The molecular weight excluding hydrogens is 486 g/mol. The second kappa shape index (κ2) is 11.8. The number of methoxy groups -OCH3 is 1. The molecular formula is C33H37N3O3. The summed E-state index contributed by atoms with van der Waals surface area (Å²) in [5, 5.41) is 0. The Balaban J connectivity index is 1.27. The number of aryl methyl sites for hydroxylation is 3. The zero-order valence-electron chi connectivity index (χ0n) is 23.2. The Hall–Kier alpha value is -4.06. The summed E-state index contributed by atoms with van der Waals surface area (Å²) in [6, 6.07) is 20.5. The highest BCUT2D eigenvalue weighted by Crippen LogP contribution is 2.34. The number of hydrogen-bond donors (Lipinski definition) is 0. The number of anilines is 1. The van der Waals surface area contributed by atoms with Gasteiger partial charge in [-0.2, -0.15) is 0 Å². The minimum absolute atomic E-state index is 0.0566. The van der Waals surface area contributed by atoms with E-state index in [9.17, 15) is 4.79 Å². The van der Waals surface area contributed by atoms with Crippen molar-refractivity contribution in [2.24, 2.45) is 0 Å². The Morgan fingerprint density at radius 1 is 1.03 bits per heavy atom. The average Bonchev–Trinajstić information content (AvgIpc) is 3.51. The summed E-state index contributed by atoms with van der Waals surface area (Å²) in [7, 11) is 1.67. The predicted octanol–water partition coefficient (Wildman–Crippen LogP) is 6.77. The number of amides is 1. The van der Waals surface area contributed by atoms with E-state index in [1.807, 2.05) is 41.3 Å². The summed E-state index contributed by atoms with van der Waals surface area (Å²) in [6.07, 6.45) is 4.98. The molecule has 1 unspecified atom stereocenters. The molecule has 1 fully saturated rings. The van der Waals surface area contributed by atoms with Crippen LogP contribution in [0.25, 0.3) is 11.0 Å². The lowest BCUT2D eigenvalue weighted by atomic mass is 10.1. The van der Waals surface area contributed by atoms with Gasteiger partial charge in [0.1, 0.15) is 5.82 Å². The van der Waals surface area contributed by atoms with Crippen LogP contribution in [0.2, 0.25) is 0 Å². The lowest BCUT2D eigenvalue weighted by Crippen LogP contribution is -2.24. The van der Waals surface area contributed by atoms with E-state index in [4.69, 9.17) is 14.5 Å². The molecule has 39 heavy (non-hydrogen) atoms. The second-order valence-corrected chi connectivity index (χ2v) is 10.3. The molecule has 0 bridgehead atoms. The summed E-state index contributed by atoms with van der Waals surface area (Å²) >= 11 is 0. The van der Waals surface area contributed by atoms with Gasteiger partial charge in [0.15, 0.2) is 11.5 Å². The van der Waals surface area contributed by atoms with Crippen LogP contribution in [0.4, 0.5) is 5.69 Å². The molecule has 0 aliphatic carbocycles. The van der Waals surface area contributed by atoms with Gasteiger partial charge in [-0.05, 0) is 86.2 Å². The van der Waals surface area contributed by atoms with Crippen molar-refractivity contribution < 1.29 is 14.3 Å². The number of carbonyl (C=O) groups excluding carboxylic acids is 1. The van der Waals surface area contributed by atoms with Gasteiger partial charge in [-0.25, -0.2) is 4.98 Å². The Morgan fingerprint density at radius 2 is 1.87 bits per heavy atom. The number of hydrogen-bond acceptors (Lipinski definition) is 4. The molecule has 0 radical (unpaired) electrons. The molecule has 5 rings (SSSR count). The number of benzene rings is 3. The fraction of sp³-hybridized carbons (Fsp3) is 0.333.